The summed E-state index contributed by atoms with van der Waals surface area (Å²) in [6.45, 7) is 8.13. The average molecular weight is 285 g/mol. The molecule has 0 aromatic heterocycles. The zero-order valence-electron chi connectivity index (χ0n) is 12.6. The Labute approximate surface area is 118 Å². The molecule has 6 nitrogen and oxygen atoms in total. The summed E-state index contributed by atoms with van der Waals surface area (Å²) in [5.74, 6) is -1.12. The highest BCUT2D eigenvalue weighted by Gasteiger charge is 2.52. The molecular weight excluding hydrogens is 262 g/mol. The minimum Gasteiger partial charge on any atom is -0.481 e. The van der Waals surface area contributed by atoms with Crippen molar-refractivity contribution in [2.75, 3.05) is 0 Å². The molecule has 3 N–H and O–H groups in total. The molecule has 6 heteroatoms. The van der Waals surface area contributed by atoms with Crippen molar-refractivity contribution in [3.8, 4) is 0 Å². The zero-order chi connectivity index (χ0) is 15.8. The number of hydrogen-bond donors (Lipinski definition) is 3. The van der Waals surface area contributed by atoms with Crippen LogP contribution in [0.5, 0.6) is 0 Å². The van der Waals surface area contributed by atoms with Crippen molar-refractivity contribution >= 4 is 12.1 Å². The Balaban J connectivity index is 2.75. The normalized spacial score (nSPS) is 26.4. The summed E-state index contributed by atoms with van der Waals surface area (Å²) >= 11 is 0. The number of carboxylic acid groups (broad SMARTS) is 1. The molecule has 0 radical (unpaired) electrons. The molecule has 1 aliphatic carbocycles. The van der Waals surface area contributed by atoms with Gasteiger partial charge in [0.05, 0.1) is 11.6 Å². The molecule has 1 aliphatic rings. The lowest BCUT2D eigenvalue weighted by Crippen LogP contribution is -2.49. The molecule has 0 spiro atoms. The minimum absolute atomic E-state index is 0.0884. The summed E-state index contributed by atoms with van der Waals surface area (Å²) in [4.78, 5) is 23.1. The lowest BCUT2D eigenvalue weighted by atomic mass is 9.73. The maximum atomic E-state index is 11.7. The summed E-state index contributed by atoms with van der Waals surface area (Å²) < 4.78 is 5.12. The number of carbonyl (C=O) groups excluding carboxylic acids is 1. The molecule has 0 aliphatic heterocycles. The lowest BCUT2D eigenvalue weighted by Gasteiger charge is -2.35. The smallest absolute Gasteiger partial charge is 0.408 e. The number of carbonyl (C=O) groups is 2. The van der Waals surface area contributed by atoms with Crippen molar-refractivity contribution < 1.29 is 24.5 Å². The first-order chi connectivity index (χ1) is 8.87. The molecule has 20 heavy (non-hydrogen) atoms. The maximum Gasteiger partial charge on any atom is 0.408 e. The van der Waals surface area contributed by atoms with E-state index >= 15 is 0 Å². The number of alkyl carbamates (subject to hydrolysis) is 1. The van der Waals surface area contributed by atoms with Crippen molar-refractivity contribution in [3.05, 3.63) is 12.2 Å². The summed E-state index contributed by atoms with van der Waals surface area (Å²) in [6, 6.07) is -0.479. The molecule has 1 amide bonds. The van der Waals surface area contributed by atoms with Crippen molar-refractivity contribution in [3.63, 3.8) is 0 Å². The van der Waals surface area contributed by atoms with Crippen LogP contribution in [0.25, 0.3) is 0 Å². The third-order valence-corrected chi connectivity index (χ3v) is 3.33. The monoisotopic (exact) mass is 285 g/mol. The van der Waals surface area contributed by atoms with E-state index in [1.54, 1.807) is 26.8 Å². The van der Waals surface area contributed by atoms with E-state index in [-0.39, 0.29) is 6.42 Å². The highest BCUT2D eigenvalue weighted by atomic mass is 16.6. The Hall–Kier alpha value is -1.56. The Morgan fingerprint density at radius 3 is 2.20 bits per heavy atom. The van der Waals surface area contributed by atoms with Crippen LogP contribution in [-0.2, 0) is 9.53 Å². The van der Waals surface area contributed by atoms with E-state index in [2.05, 4.69) is 5.32 Å². The van der Waals surface area contributed by atoms with Gasteiger partial charge in [-0.25, -0.2) is 4.79 Å². The van der Waals surface area contributed by atoms with Crippen LogP contribution in [-0.4, -0.2) is 39.5 Å². The average Bonchev–Trinajstić information content (AvgIpc) is 2.58. The van der Waals surface area contributed by atoms with Crippen LogP contribution in [0.3, 0.4) is 0 Å². The van der Waals surface area contributed by atoms with Crippen LogP contribution in [0, 0.1) is 5.41 Å². The van der Waals surface area contributed by atoms with E-state index in [4.69, 9.17) is 4.74 Å². The van der Waals surface area contributed by atoms with Gasteiger partial charge in [-0.3, -0.25) is 4.79 Å². The van der Waals surface area contributed by atoms with E-state index in [1.807, 2.05) is 0 Å². The van der Waals surface area contributed by atoms with Crippen molar-refractivity contribution in [1.82, 2.24) is 5.32 Å². The summed E-state index contributed by atoms with van der Waals surface area (Å²) in [5, 5.41) is 22.1. The Bertz CT molecular complexity index is 430. The van der Waals surface area contributed by atoms with Crippen molar-refractivity contribution in [1.29, 1.82) is 0 Å². The number of rotatable bonds is 3. The highest BCUT2D eigenvalue weighted by Crippen LogP contribution is 2.42. The fourth-order valence-electron chi connectivity index (χ4n) is 2.20. The summed E-state index contributed by atoms with van der Waals surface area (Å²) in [5.41, 5.74) is -3.46. The topological polar surface area (TPSA) is 95.9 Å². The first kappa shape index (κ1) is 16.5. The molecular formula is C14H23NO5. The van der Waals surface area contributed by atoms with Crippen molar-refractivity contribution in [2.24, 2.45) is 5.41 Å². The van der Waals surface area contributed by atoms with Crippen molar-refractivity contribution in [2.45, 2.75) is 58.3 Å². The van der Waals surface area contributed by atoms with Crippen LogP contribution in [0.15, 0.2) is 12.2 Å². The van der Waals surface area contributed by atoms with Crippen LogP contribution < -0.4 is 5.32 Å². The number of amides is 1. The molecule has 2 atom stereocenters. The van der Waals surface area contributed by atoms with Gasteiger partial charge in [-0.15, -0.1) is 0 Å². The van der Waals surface area contributed by atoms with Gasteiger partial charge in [0.25, 0.3) is 0 Å². The number of ether oxygens (including phenoxy) is 1. The van der Waals surface area contributed by atoms with Gasteiger partial charge in [-0.2, -0.15) is 0 Å². The van der Waals surface area contributed by atoms with Crippen LogP contribution in [0.4, 0.5) is 4.79 Å². The molecule has 0 heterocycles. The predicted molar refractivity (Wildman–Crippen MR) is 73.3 cm³/mol. The second-order valence-corrected chi connectivity index (χ2v) is 6.65. The van der Waals surface area contributed by atoms with E-state index in [1.165, 1.54) is 19.9 Å². The van der Waals surface area contributed by atoms with E-state index < -0.39 is 34.7 Å². The van der Waals surface area contributed by atoms with Gasteiger partial charge in [0.1, 0.15) is 11.0 Å². The van der Waals surface area contributed by atoms with Gasteiger partial charge in [0.15, 0.2) is 0 Å². The molecule has 114 valence electrons. The quantitative estimate of drug-likeness (QED) is 0.686. The number of aliphatic carboxylic acids is 1. The third-order valence-electron chi connectivity index (χ3n) is 3.33. The van der Waals surface area contributed by atoms with E-state index in [0.29, 0.717) is 0 Å². The zero-order valence-corrected chi connectivity index (χ0v) is 12.6. The SMILES string of the molecule is CC(C)(C)OC(=O)N[C@@H]1C=C[C@@](C(=O)O)(C(C)(C)O)C1. The largest absolute Gasteiger partial charge is 0.481 e. The first-order valence-electron chi connectivity index (χ1n) is 6.52. The molecule has 0 saturated heterocycles. The fourth-order valence-corrected chi connectivity index (χ4v) is 2.20. The number of carboxylic acids is 1. The van der Waals surface area contributed by atoms with E-state index in [0.717, 1.165) is 0 Å². The third kappa shape index (κ3) is 3.50. The molecule has 0 aromatic carbocycles. The second kappa shape index (κ2) is 5.09. The summed E-state index contributed by atoms with van der Waals surface area (Å²) in [7, 11) is 0. The Morgan fingerprint density at radius 1 is 1.30 bits per heavy atom. The van der Waals surface area contributed by atoms with Gasteiger partial charge in [-0.05, 0) is 41.0 Å². The lowest BCUT2D eigenvalue weighted by molar-refractivity contribution is -0.159. The molecule has 1 rings (SSSR count). The summed E-state index contributed by atoms with van der Waals surface area (Å²) in [6.07, 6.45) is 2.50. The molecule has 0 aromatic rings. The van der Waals surface area contributed by atoms with Gasteiger partial charge in [0.2, 0.25) is 0 Å². The number of aliphatic hydroxyl groups is 1. The van der Waals surface area contributed by atoms with E-state index in [9.17, 15) is 19.8 Å². The maximum absolute atomic E-state index is 11.7. The molecule has 0 unspecified atom stereocenters. The number of nitrogens with one attached hydrogen (secondary N) is 1. The van der Waals surface area contributed by atoms with Gasteiger partial charge >= 0.3 is 12.1 Å². The van der Waals surface area contributed by atoms with Crippen LogP contribution in [0.1, 0.15) is 41.0 Å². The van der Waals surface area contributed by atoms with Crippen LogP contribution in [0.2, 0.25) is 0 Å². The standard InChI is InChI=1S/C14H23NO5/c1-12(2,3)20-11(18)15-9-6-7-14(8-9,10(16)17)13(4,5)19/h6-7,9,19H,8H2,1-5H3,(H,15,18)(H,16,17)/t9-,14-/m1/s1. The number of hydrogen-bond acceptors (Lipinski definition) is 4. The van der Waals surface area contributed by atoms with Gasteiger partial charge in [-0.1, -0.05) is 12.2 Å². The first-order valence-corrected chi connectivity index (χ1v) is 6.52. The van der Waals surface area contributed by atoms with Gasteiger partial charge in [0, 0.05) is 0 Å². The molecule has 0 bridgehead atoms. The second-order valence-electron chi connectivity index (χ2n) is 6.65. The molecule has 0 fully saturated rings. The minimum atomic E-state index is -1.43. The van der Waals surface area contributed by atoms with Gasteiger partial charge < -0.3 is 20.3 Å². The Morgan fingerprint density at radius 2 is 1.85 bits per heavy atom. The fraction of sp³-hybridized carbons (Fsp3) is 0.714. The highest BCUT2D eigenvalue weighted by molar-refractivity contribution is 5.80. The molecule has 0 saturated carbocycles. The predicted octanol–water partition coefficient (Wildman–Crippen LogP) is 1.68. The Kier molecular flexibility index (Phi) is 4.20. The van der Waals surface area contributed by atoms with Crippen LogP contribution >= 0.6 is 0 Å².